The van der Waals surface area contributed by atoms with E-state index in [-0.39, 0.29) is 6.61 Å². The van der Waals surface area contributed by atoms with E-state index in [9.17, 15) is 0 Å². The fourth-order valence-corrected chi connectivity index (χ4v) is 1.83. The summed E-state index contributed by atoms with van der Waals surface area (Å²) in [4.78, 5) is 8.17. The maximum absolute atomic E-state index is 5.90. The highest BCUT2D eigenvalue weighted by Crippen LogP contribution is 2.23. The van der Waals surface area contributed by atoms with Crippen molar-refractivity contribution in [3.8, 4) is 5.75 Å². The lowest BCUT2D eigenvalue weighted by molar-refractivity contribution is 0.296. The standard InChI is InChI=1S/C11H7Cl2IN2O/c12-10-9(14)11(13)16-8(15-10)6-17-7-4-2-1-3-5-7/h1-5H,6H2. The molecule has 1 heterocycles. The average molecular weight is 381 g/mol. The van der Waals surface area contributed by atoms with Crippen LogP contribution in [-0.2, 0) is 6.61 Å². The van der Waals surface area contributed by atoms with Crippen LogP contribution in [0.5, 0.6) is 5.75 Å². The van der Waals surface area contributed by atoms with Gasteiger partial charge in [0, 0.05) is 0 Å². The van der Waals surface area contributed by atoms with Crippen LogP contribution in [0.1, 0.15) is 5.82 Å². The fraction of sp³-hybridized carbons (Fsp3) is 0.0909. The van der Waals surface area contributed by atoms with E-state index in [1.807, 2.05) is 52.9 Å². The molecular weight excluding hydrogens is 374 g/mol. The first-order valence-corrected chi connectivity index (χ1v) is 6.55. The minimum absolute atomic E-state index is 0.236. The van der Waals surface area contributed by atoms with Crippen LogP contribution < -0.4 is 4.74 Å². The summed E-state index contributed by atoms with van der Waals surface area (Å²) in [6.45, 7) is 0.236. The Morgan fingerprint density at radius 2 is 1.65 bits per heavy atom. The molecule has 2 aromatic rings. The molecule has 0 aliphatic carbocycles. The van der Waals surface area contributed by atoms with Gasteiger partial charge in [-0.15, -0.1) is 0 Å². The summed E-state index contributed by atoms with van der Waals surface area (Å²) in [5.41, 5.74) is 0. The predicted octanol–water partition coefficient (Wildman–Crippen LogP) is 3.97. The number of nitrogens with zero attached hydrogens (tertiary/aromatic N) is 2. The fourth-order valence-electron chi connectivity index (χ4n) is 1.16. The van der Waals surface area contributed by atoms with Gasteiger partial charge in [-0.1, -0.05) is 41.4 Å². The molecule has 0 amide bonds. The molecule has 1 aromatic heterocycles. The molecule has 88 valence electrons. The van der Waals surface area contributed by atoms with Crippen LogP contribution >= 0.6 is 45.8 Å². The second-order valence-electron chi connectivity index (χ2n) is 3.14. The molecule has 17 heavy (non-hydrogen) atoms. The normalized spacial score (nSPS) is 10.3. The van der Waals surface area contributed by atoms with Crippen molar-refractivity contribution in [1.29, 1.82) is 0 Å². The Hall–Kier alpha value is -0.590. The number of hydrogen-bond donors (Lipinski definition) is 0. The molecule has 0 saturated heterocycles. The first-order valence-electron chi connectivity index (χ1n) is 4.72. The van der Waals surface area contributed by atoms with Gasteiger partial charge in [0.1, 0.15) is 22.7 Å². The van der Waals surface area contributed by atoms with Crippen LogP contribution in [0, 0.1) is 3.57 Å². The van der Waals surface area contributed by atoms with Gasteiger partial charge in [-0.25, -0.2) is 9.97 Å². The minimum atomic E-state index is 0.236. The van der Waals surface area contributed by atoms with E-state index in [0.29, 0.717) is 19.7 Å². The summed E-state index contributed by atoms with van der Waals surface area (Å²) in [5.74, 6) is 1.21. The third-order valence-corrected chi connectivity index (χ3v) is 4.13. The monoisotopic (exact) mass is 380 g/mol. The molecule has 6 heteroatoms. The van der Waals surface area contributed by atoms with Gasteiger partial charge < -0.3 is 4.74 Å². The number of rotatable bonds is 3. The van der Waals surface area contributed by atoms with Gasteiger partial charge in [0.25, 0.3) is 0 Å². The SMILES string of the molecule is Clc1nc(COc2ccccc2)nc(Cl)c1I. The topological polar surface area (TPSA) is 35.0 Å². The second-order valence-corrected chi connectivity index (χ2v) is 4.93. The van der Waals surface area contributed by atoms with Crippen LogP contribution in [-0.4, -0.2) is 9.97 Å². The number of halogens is 3. The summed E-state index contributed by atoms with van der Waals surface area (Å²) in [6.07, 6.45) is 0. The smallest absolute Gasteiger partial charge is 0.169 e. The predicted molar refractivity (Wildman–Crippen MR) is 75.5 cm³/mol. The molecule has 0 fully saturated rings. The van der Waals surface area contributed by atoms with Gasteiger partial charge in [0.05, 0.1) is 3.57 Å². The highest BCUT2D eigenvalue weighted by Gasteiger charge is 2.09. The summed E-state index contributed by atoms with van der Waals surface area (Å²) >= 11 is 13.8. The van der Waals surface area contributed by atoms with Crippen molar-refractivity contribution >= 4 is 45.8 Å². The van der Waals surface area contributed by atoms with Crippen molar-refractivity contribution in [3.63, 3.8) is 0 Å². The summed E-state index contributed by atoms with van der Waals surface area (Å²) < 4.78 is 6.14. The Kier molecular flexibility index (Phi) is 4.42. The molecule has 1 aromatic carbocycles. The van der Waals surface area contributed by atoms with E-state index in [1.165, 1.54) is 0 Å². The first kappa shape index (κ1) is 12.9. The van der Waals surface area contributed by atoms with Crippen molar-refractivity contribution < 1.29 is 4.74 Å². The second kappa shape index (κ2) is 5.84. The van der Waals surface area contributed by atoms with E-state index >= 15 is 0 Å². The Bertz CT molecular complexity index is 499. The van der Waals surface area contributed by atoms with Crippen molar-refractivity contribution in [2.45, 2.75) is 6.61 Å². The van der Waals surface area contributed by atoms with Crippen LogP contribution in [0.3, 0.4) is 0 Å². The molecule has 0 radical (unpaired) electrons. The summed E-state index contributed by atoms with van der Waals surface area (Å²) in [5, 5.41) is 0.689. The number of ether oxygens (including phenoxy) is 1. The highest BCUT2D eigenvalue weighted by atomic mass is 127. The number of aromatic nitrogens is 2. The molecule has 0 N–H and O–H groups in total. The van der Waals surface area contributed by atoms with E-state index in [4.69, 9.17) is 27.9 Å². The zero-order chi connectivity index (χ0) is 12.3. The third kappa shape index (κ3) is 3.43. The van der Waals surface area contributed by atoms with Crippen molar-refractivity contribution in [2.75, 3.05) is 0 Å². The minimum Gasteiger partial charge on any atom is -0.486 e. The van der Waals surface area contributed by atoms with Crippen molar-refractivity contribution in [3.05, 3.63) is 50.0 Å². The highest BCUT2D eigenvalue weighted by molar-refractivity contribution is 14.1. The number of benzene rings is 1. The maximum Gasteiger partial charge on any atom is 0.169 e. The Labute approximate surface area is 122 Å². The molecule has 0 atom stereocenters. The largest absolute Gasteiger partial charge is 0.486 e. The molecule has 0 bridgehead atoms. The van der Waals surface area contributed by atoms with Crippen LogP contribution in [0.2, 0.25) is 10.3 Å². The van der Waals surface area contributed by atoms with Crippen LogP contribution in [0.4, 0.5) is 0 Å². The lowest BCUT2D eigenvalue weighted by Crippen LogP contribution is -2.03. The van der Waals surface area contributed by atoms with Crippen molar-refractivity contribution in [1.82, 2.24) is 9.97 Å². The molecule has 0 saturated carbocycles. The lowest BCUT2D eigenvalue weighted by Gasteiger charge is -2.06. The zero-order valence-corrected chi connectivity index (χ0v) is 12.2. The lowest BCUT2D eigenvalue weighted by atomic mass is 10.3. The summed E-state index contributed by atoms with van der Waals surface area (Å²) in [6, 6.07) is 9.42. The molecule has 0 aliphatic heterocycles. The first-order chi connectivity index (χ1) is 8.16. The van der Waals surface area contributed by atoms with Crippen LogP contribution in [0.15, 0.2) is 30.3 Å². The quantitative estimate of drug-likeness (QED) is 0.597. The molecule has 0 unspecified atom stereocenters. The van der Waals surface area contributed by atoms with Gasteiger partial charge >= 0.3 is 0 Å². The summed E-state index contributed by atoms with van der Waals surface area (Å²) in [7, 11) is 0. The molecule has 0 aliphatic rings. The van der Waals surface area contributed by atoms with E-state index in [0.717, 1.165) is 5.75 Å². The average Bonchev–Trinajstić information content (AvgIpc) is 2.34. The third-order valence-electron chi connectivity index (χ3n) is 1.93. The Morgan fingerprint density at radius 3 is 2.24 bits per heavy atom. The molecule has 2 rings (SSSR count). The molecule has 3 nitrogen and oxygen atoms in total. The van der Waals surface area contributed by atoms with Gasteiger partial charge in [-0.2, -0.15) is 0 Å². The van der Waals surface area contributed by atoms with E-state index in [2.05, 4.69) is 9.97 Å². The molecular formula is C11H7Cl2IN2O. The van der Waals surface area contributed by atoms with Crippen molar-refractivity contribution in [2.24, 2.45) is 0 Å². The zero-order valence-electron chi connectivity index (χ0n) is 8.53. The Balaban J connectivity index is 2.10. The van der Waals surface area contributed by atoms with E-state index in [1.54, 1.807) is 0 Å². The maximum atomic E-state index is 5.90. The van der Waals surface area contributed by atoms with Gasteiger partial charge in [0.2, 0.25) is 0 Å². The number of para-hydroxylation sites is 1. The van der Waals surface area contributed by atoms with Gasteiger partial charge in [-0.05, 0) is 34.7 Å². The molecule has 0 spiro atoms. The Morgan fingerprint density at radius 1 is 1.06 bits per heavy atom. The number of hydrogen-bond acceptors (Lipinski definition) is 3. The van der Waals surface area contributed by atoms with Crippen LogP contribution in [0.25, 0.3) is 0 Å². The van der Waals surface area contributed by atoms with E-state index < -0.39 is 0 Å². The van der Waals surface area contributed by atoms with Gasteiger partial charge in [0.15, 0.2) is 5.82 Å². The van der Waals surface area contributed by atoms with Gasteiger partial charge in [-0.3, -0.25) is 0 Å².